The van der Waals surface area contributed by atoms with Crippen molar-refractivity contribution in [3.63, 3.8) is 0 Å². The first-order chi connectivity index (χ1) is 5.26. The van der Waals surface area contributed by atoms with Crippen LogP contribution in [0.1, 0.15) is 39.5 Å². The van der Waals surface area contributed by atoms with E-state index in [1.807, 2.05) is 0 Å². The predicted octanol–water partition coefficient (Wildman–Crippen LogP) is 3.08. The highest BCUT2D eigenvalue weighted by Crippen LogP contribution is 2.75. The Morgan fingerprint density at radius 3 is 1.64 bits per heavy atom. The maximum absolute atomic E-state index is 2.49. The van der Waals surface area contributed by atoms with E-state index in [9.17, 15) is 0 Å². The summed E-state index contributed by atoms with van der Waals surface area (Å²) < 4.78 is 0. The molecule has 0 N–H and O–H groups in total. The molecule has 3 aliphatic carbocycles. The second-order valence-corrected chi connectivity index (χ2v) is 5.24. The van der Waals surface area contributed by atoms with E-state index in [0.717, 1.165) is 29.1 Å². The monoisotopic (exact) mass is 150 g/mol. The molecule has 3 fully saturated rings. The van der Waals surface area contributed by atoms with Crippen molar-refractivity contribution in [3.8, 4) is 0 Å². The topological polar surface area (TPSA) is 0 Å². The van der Waals surface area contributed by atoms with Crippen molar-refractivity contribution in [2.75, 3.05) is 0 Å². The molecule has 0 aromatic carbocycles. The Morgan fingerprint density at radius 1 is 0.909 bits per heavy atom. The molecule has 0 aliphatic heterocycles. The lowest BCUT2D eigenvalue weighted by molar-refractivity contribution is -0.172. The standard InChI is InChI=1S/C11H18/c1-7-5-9-3-4-10-6-8(2)11(7,9)10/h7-10H,3-6H2,1-2H3/t7-,8+,9?,10?,11?. The summed E-state index contributed by atoms with van der Waals surface area (Å²) in [7, 11) is 0. The van der Waals surface area contributed by atoms with Gasteiger partial charge in [0.2, 0.25) is 0 Å². The van der Waals surface area contributed by atoms with E-state index in [2.05, 4.69) is 13.8 Å². The Kier molecular flexibility index (Phi) is 0.990. The second kappa shape index (κ2) is 1.67. The van der Waals surface area contributed by atoms with Gasteiger partial charge in [-0.3, -0.25) is 0 Å². The van der Waals surface area contributed by atoms with Gasteiger partial charge in [0.15, 0.2) is 0 Å². The Morgan fingerprint density at radius 2 is 1.36 bits per heavy atom. The fourth-order valence-corrected chi connectivity index (χ4v) is 4.92. The molecule has 3 aliphatic rings. The van der Waals surface area contributed by atoms with Gasteiger partial charge in [-0.1, -0.05) is 13.8 Å². The van der Waals surface area contributed by atoms with E-state index in [-0.39, 0.29) is 0 Å². The Balaban J connectivity index is 1.97. The minimum atomic E-state index is 0.889. The van der Waals surface area contributed by atoms with Crippen molar-refractivity contribution in [2.24, 2.45) is 29.1 Å². The second-order valence-electron chi connectivity index (χ2n) is 5.24. The van der Waals surface area contributed by atoms with Gasteiger partial charge in [0.25, 0.3) is 0 Å². The summed E-state index contributed by atoms with van der Waals surface area (Å²) in [5.41, 5.74) is 0.889. The van der Waals surface area contributed by atoms with Crippen LogP contribution in [0.4, 0.5) is 0 Å². The maximum Gasteiger partial charge on any atom is -0.0189 e. The third-order valence-corrected chi connectivity index (χ3v) is 5.26. The summed E-state index contributed by atoms with van der Waals surface area (Å²) in [6.45, 7) is 4.98. The van der Waals surface area contributed by atoms with Crippen LogP contribution < -0.4 is 0 Å². The van der Waals surface area contributed by atoms with Crippen LogP contribution >= 0.6 is 0 Å². The summed E-state index contributed by atoms with van der Waals surface area (Å²) in [5.74, 6) is 4.46. The molecular formula is C11H18. The van der Waals surface area contributed by atoms with Crippen LogP contribution in [0.15, 0.2) is 0 Å². The molecular weight excluding hydrogens is 132 g/mol. The lowest BCUT2D eigenvalue weighted by Gasteiger charge is -2.65. The van der Waals surface area contributed by atoms with Gasteiger partial charge in [0.1, 0.15) is 0 Å². The van der Waals surface area contributed by atoms with Crippen molar-refractivity contribution < 1.29 is 0 Å². The van der Waals surface area contributed by atoms with E-state index in [4.69, 9.17) is 0 Å². The van der Waals surface area contributed by atoms with Crippen molar-refractivity contribution in [3.05, 3.63) is 0 Å². The van der Waals surface area contributed by atoms with Gasteiger partial charge in [0.05, 0.1) is 0 Å². The van der Waals surface area contributed by atoms with Crippen molar-refractivity contribution >= 4 is 0 Å². The molecule has 0 heterocycles. The van der Waals surface area contributed by atoms with Gasteiger partial charge < -0.3 is 0 Å². The Bertz CT molecular complexity index is 168. The normalized spacial score (nSPS) is 66.0. The fraction of sp³-hybridized carbons (Fsp3) is 1.00. The first kappa shape index (κ1) is 6.51. The highest BCUT2D eigenvalue weighted by molar-refractivity contribution is 5.16. The molecule has 0 saturated heterocycles. The average molecular weight is 150 g/mol. The van der Waals surface area contributed by atoms with Gasteiger partial charge >= 0.3 is 0 Å². The van der Waals surface area contributed by atoms with E-state index in [1.54, 1.807) is 25.7 Å². The van der Waals surface area contributed by atoms with E-state index in [1.165, 1.54) is 0 Å². The zero-order valence-electron chi connectivity index (χ0n) is 7.64. The summed E-state index contributed by atoms with van der Waals surface area (Å²) in [6, 6.07) is 0. The van der Waals surface area contributed by atoms with Crippen LogP contribution in [0, 0.1) is 29.1 Å². The zero-order valence-corrected chi connectivity index (χ0v) is 7.64. The largest absolute Gasteiger partial charge is 0.0619 e. The minimum Gasteiger partial charge on any atom is -0.0619 e. The van der Waals surface area contributed by atoms with Crippen LogP contribution in [0.2, 0.25) is 0 Å². The molecule has 0 bridgehead atoms. The molecule has 62 valence electrons. The summed E-state index contributed by atoms with van der Waals surface area (Å²) in [4.78, 5) is 0. The Labute approximate surface area is 69.4 Å². The first-order valence-corrected chi connectivity index (χ1v) is 5.26. The summed E-state index contributed by atoms with van der Waals surface area (Å²) in [6.07, 6.45) is 6.25. The van der Waals surface area contributed by atoms with Gasteiger partial charge in [-0.05, 0) is 54.8 Å². The molecule has 3 rings (SSSR count). The van der Waals surface area contributed by atoms with Crippen molar-refractivity contribution in [1.82, 2.24) is 0 Å². The smallest absolute Gasteiger partial charge is 0.0189 e. The lowest BCUT2D eigenvalue weighted by atomic mass is 9.39. The molecule has 0 aromatic rings. The van der Waals surface area contributed by atoms with Crippen LogP contribution in [-0.2, 0) is 0 Å². The summed E-state index contributed by atoms with van der Waals surface area (Å²) >= 11 is 0. The maximum atomic E-state index is 2.49. The minimum absolute atomic E-state index is 0.889. The summed E-state index contributed by atoms with van der Waals surface area (Å²) in [5, 5.41) is 0. The molecule has 11 heavy (non-hydrogen) atoms. The predicted molar refractivity (Wildman–Crippen MR) is 46.2 cm³/mol. The highest BCUT2D eigenvalue weighted by Gasteiger charge is 2.67. The molecule has 0 radical (unpaired) electrons. The van der Waals surface area contributed by atoms with Crippen LogP contribution in [0.5, 0.6) is 0 Å². The zero-order chi connectivity index (χ0) is 7.64. The van der Waals surface area contributed by atoms with Crippen LogP contribution in [0.3, 0.4) is 0 Å². The fourth-order valence-electron chi connectivity index (χ4n) is 4.92. The van der Waals surface area contributed by atoms with Crippen LogP contribution in [0.25, 0.3) is 0 Å². The van der Waals surface area contributed by atoms with E-state index in [0.29, 0.717) is 0 Å². The Hall–Kier alpha value is 0. The van der Waals surface area contributed by atoms with Gasteiger partial charge in [-0.15, -0.1) is 0 Å². The van der Waals surface area contributed by atoms with E-state index >= 15 is 0 Å². The molecule has 3 saturated carbocycles. The third-order valence-electron chi connectivity index (χ3n) is 5.26. The highest BCUT2D eigenvalue weighted by atomic mass is 14.7. The SMILES string of the molecule is C[C@@H]1CC2CCC3C[C@H](C)C231. The van der Waals surface area contributed by atoms with Crippen molar-refractivity contribution in [2.45, 2.75) is 39.5 Å². The lowest BCUT2D eigenvalue weighted by Crippen LogP contribution is -2.59. The first-order valence-electron chi connectivity index (χ1n) is 5.26. The average Bonchev–Trinajstić information content (AvgIpc) is 2.15. The van der Waals surface area contributed by atoms with Crippen molar-refractivity contribution in [1.29, 1.82) is 0 Å². The van der Waals surface area contributed by atoms with Gasteiger partial charge in [0, 0.05) is 0 Å². The quantitative estimate of drug-likeness (QED) is 0.498. The number of hydrogen-bond donors (Lipinski definition) is 0. The number of hydrogen-bond acceptors (Lipinski definition) is 0. The van der Waals surface area contributed by atoms with E-state index < -0.39 is 0 Å². The molecule has 0 heteroatoms. The molecule has 5 atom stereocenters. The van der Waals surface area contributed by atoms with Gasteiger partial charge in [-0.2, -0.15) is 0 Å². The molecule has 1 spiro atoms. The molecule has 3 unspecified atom stereocenters. The third kappa shape index (κ3) is 0.467. The van der Waals surface area contributed by atoms with Crippen LogP contribution in [-0.4, -0.2) is 0 Å². The van der Waals surface area contributed by atoms with Gasteiger partial charge in [-0.25, -0.2) is 0 Å². The number of rotatable bonds is 0. The molecule has 0 nitrogen and oxygen atoms in total. The molecule has 0 aromatic heterocycles. The molecule has 0 amide bonds.